The molecule has 264 valence electrons. The van der Waals surface area contributed by atoms with Crippen molar-refractivity contribution in [3.8, 4) is 0 Å². The summed E-state index contributed by atoms with van der Waals surface area (Å²) in [6, 6.07) is 0. The van der Waals surface area contributed by atoms with Gasteiger partial charge >= 0.3 is 282 Å². The van der Waals surface area contributed by atoms with Crippen molar-refractivity contribution in [1.29, 1.82) is 0 Å². The van der Waals surface area contributed by atoms with Crippen LogP contribution in [-0.4, -0.2) is 35.5 Å². The molecule has 0 saturated heterocycles. The quantitative estimate of drug-likeness (QED) is 0.0680. The van der Waals surface area contributed by atoms with Crippen LogP contribution < -0.4 is 0 Å². The van der Waals surface area contributed by atoms with Crippen LogP contribution in [0.2, 0.25) is 0 Å². The molecule has 0 atom stereocenters. The molecule has 0 radical (unpaired) electrons. The minimum atomic E-state index is -1.46. The van der Waals surface area contributed by atoms with Gasteiger partial charge in [-0.1, -0.05) is 0 Å². The van der Waals surface area contributed by atoms with Gasteiger partial charge in [0.15, 0.2) is 0 Å². The number of hydrogen-bond donors (Lipinski definition) is 0. The van der Waals surface area contributed by atoms with E-state index in [4.69, 9.17) is 0 Å². The van der Waals surface area contributed by atoms with Crippen LogP contribution in [0.1, 0.15) is 233 Å². The van der Waals surface area contributed by atoms with Crippen LogP contribution in [0.3, 0.4) is 0 Å². The van der Waals surface area contributed by atoms with Gasteiger partial charge in [0, 0.05) is 0 Å². The summed E-state index contributed by atoms with van der Waals surface area (Å²) in [6.07, 6.45) is 57.3. The molecule has 0 aromatic rings. The molecular formula is C42H86P2. The van der Waals surface area contributed by atoms with Gasteiger partial charge in [0.25, 0.3) is 0 Å². The second-order valence-electron chi connectivity index (χ2n) is 16.8. The zero-order valence-corrected chi connectivity index (χ0v) is 33.2. The summed E-state index contributed by atoms with van der Waals surface area (Å²) >= 11 is 0. The molecule has 0 heterocycles. The van der Waals surface area contributed by atoms with Crippen LogP contribution in [-0.2, 0) is 0 Å². The summed E-state index contributed by atoms with van der Waals surface area (Å²) in [5.41, 5.74) is 3.73. The van der Waals surface area contributed by atoms with Crippen LogP contribution in [0.4, 0.5) is 0 Å². The molecule has 0 amide bonds. The Hall–Kier alpha value is 0.860. The van der Waals surface area contributed by atoms with Gasteiger partial charge in [-0.05, 0) is 0 Å². The van der Waals surface area contributed by atoms with Gasteiger partial charge < -0.3 is 0 Å². The third kappa shape index (κ3) is 12.1. The van der Waals surface area contributed by atoms with E-state index in [1.807, 2.05) is 0 Å². The van der Waals surface area contributed by atoms with Crippen LogP contribution in [0.25, 0.3) is 0 Å². The van der Waals surface area contributed by atoms with Gasteiger partial charge in [-0.3, -0.25) is 0 Å². The summed E-state index contributed by atoms with van der Waals surface area (Å²) in [7, 11) is 0. The molecule has 0 spiro atoms. The fourth-order valence-electron chi connectivity index (χ4n) is 11.8. The Kier molecular flexibility index (Phi) is 21.5. The zero-order valence-electron chi connectivity index (χ0n) is 31.2. The molecule has 0 unspecified atom stereocenters. The normalized spacial score (nSPS) is 20.7. The Bertz CT molecular complexity index is 568. The Morgan fingerprint density at radius 3 is 0.841 bits per heavy atom. The maximum atomic E-state index is 2.40. The molecule has 3 fully saturated rings. The van der Waals surface area contributed by atoms with Gasteiger partial charge in [-0.2, -0.15) is 0 Å². The average Bonchev–Trinajstić information content (AvgIpc) is 3.07. The topological polar surface area (TPSA) is 0 Å². The van der Waals surface area contributed by atoms with Crippen molar-refractivity contribution in [3.63, 3.8) is 0 Å². The first-order valence-electron chi connectivity index (χ1n) is 21.7. The van der Waals surface area contributed by atoms with Crippen LogP contribution in [0.5, 0.6) is 0 Å². The van der Waals surface area contributed by atoms with Gasteiger partial charge in [0.1, 0.15) is 0 Å². The summed E-state index contributed by atoms with van der Waals surface area (Å²) in [5, 5.41) is 0. The van der Waals surface area contributed by atoms with E-state index in [9.17, 15) is 0 Å². The Morgan fingerprint density at radius 2 is 0.568 bits per heavy atom. The van der Waals surface area contributed by atoms with E-state index < -0.39 is 13.9 Å². The number of hydrogen-bond acceptors (Lipinski definition) is 0. The molecule has 44 heavy (non-hydrogen) atoms. The molecule has 0 aromatic carbocycles. The van der Waals surface area contributed by atoms with Crippen molar-refractivity contribution < 1.29 is 0 Å². The third-order valence-corrected chi connectivity index (χ3v) is 36.8. The second-order valence-corrected chi connectivity index (χ2v) is 30.9. The third-order valence-electron chi connectivity index (χ3n) is 13.8. The van der Waals surface area contributed by atoms with Crippen molar-refractivity contribution in [1.82, 2.24) is 0 Å². The number of unbranched alkanes of at least 4 members (excludes halogenated alkanes) is 15. The molecule has 0 nitrogen and oxygen atoms in total. The first kappa shape index (κ1) is 39.3. The van der Waals surface area contributed by atoms with Crippen molar-refractivity contribution in [2.24, 2.45) is 0 Å². The zero-order chi connectivity index (χ0) is 31.2. The van der Waals surface area contributed by atoms with E-state index in [0.29, 0.717) is 0 Å². The Balaban J connectivity index is 2.02. The molecule has 0 N–H and O–H groups in total. The minimum absolute atomic E-state index is 1.24. The van der Waals surface area contributed by atoms with Crippen molar-refractivity contribution >= 4 is 13.9 Å². The van der Waals surface area contributed by atoms with Crippen molar-refractivity contribution in [2.75, 3.05) is 18.5 Å². The predicted octanol–water partition coefficient (Wildman–Crippen LogP) is 15.5. The fourth-order valence-corrected chi connectivity index (χ4v) is 41.2. The molecule has 3 aliphatic rings. The summed E-state index contributed by atoms with van der Waals surface area (Å²) < 4.78 is 0. The summed E-state index contributed by atoms with van der Waals surface area (Å²) in [4.78, 5) is 0. The maximum absolute atomic E-state index is 2.40. The van der Waals surface area contributed by atoms with Crippen molar-refractivity contribution in [2.45, 2.75) is 250 Å². The molecule has 0 aromatic heterocycles. The molecule has 3 saturated carbocycles. The van der Waals surface area contributed by atoms with Gasteiger partial charge in [0.2, 0.25) is 0 Å². The van der Waals surface area contributed by atoms with Crippen LogP contribution >= 0.6 is 13.9 Å². The predicted molar refractivity (Wildman–Crippen MR) is 212 cm³/mol. The standard InChI is InChI=1S/C42H86P2/c1-4-7-10-13-16-28-37-43(38-29-17-14-11-8-5-2,39-30-18-15-12-9-6-3)44(40-31-22-19-23-32-40,41-33-24-20-25-34-41)42-35-26-21-27-36-42/h40-44H,4-39H2,1-3H3. The average molecular weight is 653 g/mol. The molecule has 0 aliphatic heterocycles. The molecule has 2 heteroatoms. The van der Waals surface area contributed by atoms with E-state index in [-0.39, 0.29) is 0 Å². The van der Waals surface area contributed by atoms with Gasteiger partial charge in [-0.25, -0.2) is 0 Å². The Morgan fingerprint density at radius 1 is 0.318 bits per heavy atom. The molecule has 3 aliphatic carbocycles. The van der Waals surface area contributed by atoms with Crippen LogP contribution in [0, 0.1) is 0 Å². The molecular weight excluding hydrogens is 566 g/mol. The Labute approximate surface area is 281 Å². The van der Waals surface area contributed by atoms with Crippen molar-refractivity contribution in [3.05, 3.63) is 0 Å². The first-order chi connectivity index (χ1) is 21.7. The van der Waals surface area contributed by atoms with E-state index in [2.05, 4.69) is 20.8 Å². The monoisotopic (exact) mass is 653 g/mol. The number of rotatable bonds is 25. The molecule has 3 rings (SSSR count). The van der Waals surface area contributed by atoms with Gasteiger partial charge in [-0.15, -0.1) is 0 Å². The second kappa shape index (κ2) is 24.1. The fraction of sp³-hybridized carbons (Fsp3) is 1.00. The summed E-state index contributed by atoms with van der Waals surface area (Å²) in [6.45, 7) is 4.34. The SMILES string of the molecule is CCCCCCCC[PH](CCCCCCCC)(CCCCCCCC)[PH](C1CCCCC1)(C1CCCCC1)C1CCCCC1. The first-order valence-corrected chi connectivity index (χ1v) is 27.6. The van der Waals surface area contributed by atoms with E-state index >= 15 is 0 Å². The van der Waals surface area contributed by atoms with Crippen LogP contribution in [0.15, 0.2) is 0 Å². The van der Waals surface area contributed by atoms with E-state index in [1.54, 1.807) is 153 Å². The van der Waals surface area contributed by atoms with E-state index in [1.165, 1.54) is 94.0 Å². The van der Waals surface area contributed by atoms with E-state index in [0.717, 1.165) is 0 Å². The van der Waals surface area contributed by atoms with Gasteiger partial charge in [0.05, 0.1) is 0 Å². The summed E-state index contributed by atoms with van der Waals surface area (Å²) in [5.74, 6) is 0. The molecule has 0 bridgehead atoms.